The van der Waals surface area contributed by atoms with E-state index in [1.54, 1.807) is 36.2 Å². The van der Waals surface area contributed by atoms with Crippen LogP contribution in [0.4, 0.5) is 0 Å². The minimum Gasteiger partial charge on any atom is -0.342 e. The van der Waals surface area contributed by atoms with Crippen LogP contribution in [0.5, 0.6) is 0 Å². The lowest BCUT2D eigenvalue weighted by atomic mass is 10.1. The number of benzene rings is 1. The molecule has 0 radical (unpaired) electrons. The SMILES string of the molecule is CN1CCN(C(=O)CCCN2C(=O)c3ccccc3C2=O)CC1=O. The molecule has 2 aliphatic rings. The van der Waals surface area contributed by atoms with Gasteiger partial charge in [0.15, 0.2) is 0 Å². The summed E-state index contributed by atoms with van der Waals surface area (Å²) in [6.45, 7) is 1.36. The number of hydrogen-bond donors (Lipinski definition) is 0. The molecule has 1 saturated heterocycles. The monoisotopic (exact) mass is 329 g/mol. The zero-order valence-electron chi connectivity index (χ0n) is 13.5. The van der Waals surface area contributed by atoms with Gasteiger partial charge in [0.1, 0.15) is 0 Å². The standard InChI is InChI=1S/C17H19N3O4/c1-18-9-10-19(11-15(18)22)14(21)7-4-8-20-16(23)12-5-2-3-6-13(12)17(20)24/h2-3,5-6H,4,7-11H2,1H3. The van der Waals surface area contributed by atoms with Crippen LogP contribution in [-0.4, -0.2) is 71.6 Å². The molecule has 1 aromatic rings. The summed E-state index contributed by atoms with van der Waals surface area (Å²) in [5.74, 6) is -0.807. The minimum absolute atomic E-state index is 0.0741. The van der Waals surface area contributed by atoms with Crippen molar-refractivity contribution in [3.63, 3.8) is 0 Å². The molecule has 4 amide bonds. The number of rotatable bonds is 4. The molecule has 0 aromatic heterocycles. The van der Waals surface area contributed by atoms with Crippen LogP contribution in [0, 0.1) is 0 Å². The first-order valence-electron chi connectivity index (χ1n) is 7.96. The highest BCUT2D eigenvalue weighted by Crippen LogP contribution is 2.22. The number of piperazine rings is 1. The summed E-state index contributed by atoms with van der Waals surface area (Å²) in [6.07, 6.45) is 0.606. The van der Waals surface area contributed by atoms with E-state index in [1.807, 2.05) is 0 Å². The normalized spacial score (nSPS) is 17.5. The highest BCUT2D eigenvalue weighted by Gasteiger charge is 2.34. The van der Waals surface area contributed by atoms with Crippen LogP contribution < -0.4 is 0 Å². The Balaban J connectivity index is 1.52. The number of hydrogen-bond acceptors (Lipinski definition) is 4. The van der Waals surface area contributed by atoms with Crippen LogP contribution in [0.1, 0.15) is 33.6 Å². The minimum atomic E-state index is -0.308. The number of carbonyl (C=O) groups excluding carboxylic acids is 4. The van der Waals surface area contributed by atoms with E-state index in [-0.39, 0.29) is 43.1 Å². The van der Waals surface area contributed by atoms with Crippen molar-refractivity contribution in [1.82, 2.24) is 14.7 Å². The lowest BCUT2D eigenvalue weighted by Gasteiger charge is -2.32. The van der Waals surface area contributed by atoms with Crippen LogP contribution in [0.25, 0.3) is 0 Å². The van der Waals surface area contributed by atoms with Crippen LogP contribution in [0.2, 0.25) is 0 Å². The van der Waals surface area contributed by atoms with Gasteiger partial charge < -0.3 is 9.80 Å². The van der Waals surface area contributed by atoms with Gasteiger partial charge in [-0.25, -0.2) is 0 Å². The third-order valence-corrected chi connectivity index (χ3v) is 4.46. The first-order chi connectivity index (χ1) is 11.5. The molecule has 0 atom stereocenters. The smallest absolute Gasteiger partial charge is 0.261 e. The molecule has 7 heteroatoms. The fraction of sp³-hybridized carbons (Fsp3) is 0.412. The molecule has 0 saturated carbocycles. The van der Waals surface area contributed by atoms with Crippen molar-refractivity contribution in [2.75, 3.05) is 33.2 Å². The molecule has 1 fully saturated rings. The van der Waals surface area contributed by atoms with E-state index in [9.17, 15) is 19.2 Å². The Labute approximate surface area is 139 Å². The van der Waals surface area contributed by atoms with Gasteiger partial charge in [-0.2, -0.15) is 0 Å². The lowest BCUT2D eigenvalue weighted by molar-refractivity contribution is -0.144. The van der Waals surface area contributed by atoms with E-state index < -0.39 is 0 Å². The summed E-state index contributed by atoms with van der Waals surface area (Å²) in [6, 6.07) is 6.72. The van der Waals surface area contributed by atoms with E-state index in [1.165, 1.54) is 9.80 Å². The Hall–Kier alpha value is -2.70. The molecule has 0 N–H and O–H groups in total. The summed E-state index contributed by atoms with van der Waals surface area (Å²) in [4.78, 5) is 52.6. The lowest BCUT2D eigenvalue weighted by Crippen LogP contribution is -2.50. The Morgan fingerprint density at radius 1 is 1.04 bits per heavy atom. The quantitative estimate of drug-likeness (QED) is 0.748. The van der Waals surface area contributed by atoms with Gasteiger partial charge in [0.05, 0.1) is 17.7 Å². The van der Waals surface area contributed by atoms with Crippen LogP contribution in [0.15, 0.2) is 24.3 Å². The van der Waals surface area contributed by atoms with Gasteiger partial charge in [-0.1, -0.05) is 12.1 Å². The second-order valence-corrected chi connectivity index (χ2v) is 6.04. The molecule has 1 aromatic carbocycles. The van der Waals surface area contributed by atoms with Crippen molar-refractivity contribution in [3.05, 3.63) is 35.4 Å². The van der Waals surface area contributed by atoms with E-state index in [4.69, 9.17) is 0 Å². The molecule has 0 unspecified atom stereocenters. The number of carbonyl (C=O) groups is 4. The molecular weight excluding hydrogens is 310 g/mol. The molecule has 0 spiro atoms. The molecule has 2 aliphatic heterocycles. The maximum atomic E-state index is 12.2. The number of fused-ring (bicyclic) bond motifs is 1. The van der Waals surface area contributed by atoms with Gasteiger partial charge in [-0.15, -0.1) is 0 Å². The molecule has 0 aliphatic carbocycles. The van der Waals surface area contributed by atoms with Gasteiger partial charge >= 0.3 is 0 Å². The summed E-state index contributed by atoms with van der Waals surface area (Å²) >= 11 is 0. The van der Waals surface area contributed by atoms with Gasteiger partial charge in [0.2, 0.25) is 11.8 Å². The van der Waals surface area contributed by atoms with E-state index >= 15 is 0 Å². The van der Waals surface area contributed by atoms with Crippen LogP contribution in [-0.2, 0) is 9.59 Å². The molecule has 126 valence electrons. The summed E-state index contributed by atoms with van der Waals surface area (Å²) in [5.41, 5.74) is 0.831. The summed E-state index contributed by atoms with van der Waals surface area (Å²) in [5, 5.41) is 0. The second kappa shape index (κ2) is 6.43. The molecule has 2 heterocycles. The van der Waals surface area contributed by atoms with Crippen molar-refractivity contribution in [2.24, 2.45) is 0 Å². The molecule has 3 rings (SSSR count). The zero-order chi connectivity index (χ0) is 17.3. The topological polar surface area (TPSA) is 78.0 Å². The van der Waals surface area contributed by atoms with Crippen molar-refractivity contribution in [1.29, 1.82) is 0 Å². The first kappa shape index (κ1) is 16.2. The number of amides is 4. The Bertz CT molecular complexity index is 681. The Kier molecular flexibility index (Phi) is 4.33. The average Bonchev–Trinajstić information content (AvgIpc) is 2.82. The van der Waals surface area contributed by atoms with Gasteiger partial charge in [0.25, 0.3) is 11.8 Å². The highest BCUT2D eigenvalue weighted by atomic mass is 16.2. The van der Waals surface area contributed by atoms with Crippen molar-refractivity contribution >= 4 is 23.6 Å². The van der Waals surface area contributed by atoms with Crippen LogP contribution >= 0.6 is 0 Å². The van der Waals surface area contributed by atoms with Gasteiger partial charge in [-0.05, 0) is 18.6 Å². The van der Waals surface area contributed by atoms with Crippen molar-refractivity contribution in [3.8, 4) is 0 Å². The second-order valence-electron chi connectivity index (χ2n) is 6.04. The van der Waals surface area contributed by atoms with Crippen LogP contribution in [0.3, 0.4) is 0 Å². The fourth-order valence-corrected chi connectivity index (χ4v) is 2.96. The summed E-state index contributed by atoms with van der Waals surface area (Å²) < 4.78 is 0. The maximum Gasteiger partial charge on any atom is 0.261 e. The fourth-order valence-electron chi connectivity index (χ4n) is 2.96. The Morgan fingerprint density at radius 3 is 2.25 bits per heavy atom. The van der Waals surface area contributed by atoms with E-state index in [2.05, 4.69) is 0 Å². The number of nitrogens with zero attached hydrogens (tertiary/aromatic N) is 3. The number of likely N-dealkylation sites (N-methyl/N-ethyl adjacent to an activating group) is 1. The third kappa shape index (κ3) is 2.89. The molecule has 24 heavy (non-hydrogen) atoms. The maximum absolute atomic E-state index is 12.2. The van der Waals surface area contributed by atoms with Crippen molar-refractivity contribution < 1.29 is 19.2 Å². The van der Waals surface area contributed by atoms with Crippen molar-refractivity contribution in [2.45, 2.75) is 12.8 Å². The average molecular weight is 329 g/mol. The highest BCUT2D eigenvalue weighted by molar-refractivity contribution is 6.21. The Morgan fingerprint density at radius 2 is 1.67 bits per heavy atom. The van der Waals surface area contributed by atoms with E-state index in [0.29, 0.717) is 30.6 Å². The largest absolute Gasteiger partial charge is 0.342 e. The third-order valence-electron chi connectivity index (χ3n) is 4.46. The predicted molar refractivity (Wildman–Crippen MR) is 85.3 cm³/mol. The number of imide groups is 1. The molecule has 0 bridgehead atoms. The predicted octanol–water partition coefficient (Wildman–Crippen LogP) is 0.363. The molecular formula is C17H19N3O4. The van der Waals surface area contributed by atoms with Gasteiger partial charge in [0, 0.05) is 33.1 Å². The zero-order valence-corrected chi connectivity index (χ0v) is 13.5. The summed E-state index contributed by atoms with van der Waals surface area (Å²) in [7, 11) is 1.71. The first-order valence-corrected chi connectivity index (χ1v) is 7.96. The van der Waals surface area contributed by atoms with Gasteiger partial charge in [-0.3, -0.25) is 24.1 Å². The molecule has 7 nitrogen and oxygen atoms in total. The van der Waals surface area contributed by atoms with E-state index in [0.717, 1.165) is 0 Å².